The summed E-state index contributed by atoms with van der Waals surface area (Å²) in [7, 11) is 1.65. The largest absolute Gasteiger partial charge is 0.383 e. The highest BCUT2D eigenvalue weighted by Crippen LogP contribution is 2.40. The maximum Gasteiger partial charge on any atom is 0.243 e. The fourth-order valence-electron chi connectivity index (χ4n) is 2.83. The number of hydrogen-bond donors (Lipinski definition) is 0. The van der Waals surface area contributed by atoms with Gasteiger partial charge in [-0.05, 0) is 25.7 Å². The van der Waals surface area contributed by atoms with Gasteiger partial charge in [-0.2, -0.15) is 5.26 Å². The third-order valence-electron chi connectivity index (χ3n) is 4.12. The Kier molecular flexibility index (Phi) is 4.23. The smallest absolute Gasteiger partial charge is 0.243 e. The summed E-state index contributed by atoms with van der Waals surface area (Å²) in [6.45, 7) is 1.19. The minimum absolute atomic E-state index is 0.0595. The highest BCUT2D eigenvalue weighted by atomic mass is 16.5. The molecule has 0 unspecified atom stereocenters. The average Bonchev–Trinajstić information content (AvgIpc) is 3.24. The van der Waals surface area contributed by atoms with Crippen LogP contribution in [0, 0.1) is 16.7 Å². The van der Waals surface area contributed by atoms with Crippen molar-refractivity contribution >= 4 is 5.91 Å². The number of methoxy groups -OCH3 is 1. The molecule has 2 aliphatic carbocycles. The van der Waals surface area contributed by atoms with E-state index in [4.69, 9.17) is 4.74 Å². The normalized spacial score (nSPS) is 22.2. The van der Waals surface area contributed by atoms with E-state index in [1.54, 1.807) is 7.11 Å². The van der Waals surface area contributed by atoms with Crippen LogP contribution in [0.2, 0.25) is 0 Å². The molecule has 4 nitrogen and oxygen atoms in total. The zero-order valence-electron chi connectivity index (χ0n) is 11.2. The number of amides is 1. The van der Waals surface area contributed by atoms with Gasteiger partial charge in [0.2, 0.25) is 5.91 Å². The minimum Gasteiger partial charge on any atom is -0.383 e. The van der Waals surface area contributed by atoms with Crippen molar-refractivity contribution < 1.29 is 9.53 Å². The monoisotopic (exact) mass is 250 g/mol. The van der Waals surface area contributed by atoms with E-state index in [1.165, 1.54) is 0 Å². The molecule has 0 aliphatic heterocycles. The Balaban J connectivity index is 2.08. The molecule has 4 heteroatoms. The number of rotatable bonds is 5. The van der Waals surface area contributed by atoms with Gasteiger partial charge in [0.15, 0.2) is 0 Å². The minimum atomic E-state index is -0.741. The predicted octanol–water partition coefficient (Wildman–Crippen LogP) is 2.10. The van der Waals surface area contributed by atoms with Crippen LogP contribution in [0.4, 0.5) is 0 Å². The molecule has 2 saturated carbocycles. The first kappa shape index (κ1) is 13.4. The third-order valence-corrected chi connectivity index (χ3v) is 4.12. The summed E-state index contributed by atoms with van der Waals surface area (Å²) >= 11 is 0. The first-order chi connectivity index (χ1) is 8.73. The molecule has 0 heterocycles. The molecule has 18 heavy (non-hydrogen) atoms. The van der Waals surface area contributed by atoms with E-state index in [0.29, 0.717) is 19.2 Å². The van der Waals surface area contributed by atoms with E-state index in [-0.39, 0.29) is 5.91 Å². The lowest BCUT2D eigenvalue weighted by Gasteiger charge is -2.35. The molecule has 2 fully saturated rings. The molecule has 0 spiro atoms. The van der Waals surface area contributed by atoms with Crippen molar-refractivity contribution in [1.29, 1.82) is 5.26 Å². The second kappa shape index (κ2) is 5.71. The van der Waals surface area contributed by atoms with Gasteiger partial charge < -0.3 is 9.64 Å². The van der Waals surface area contributed by atoms with E-state index in [2.05, 4.69) is 6.07 Å². The lowest BCUT2D eigenvalue weighted by atomic mass is 9.74. The Labute approximate surface area is 109 Å². The van der Waals surface area contributed by atoms with Crippen LogP contribution in [-0.2, 0) is 9.53 Å². The van der Waals surface area contributed by atoms with Crippen LogP contribution < -0.4 is 0 Å². The Bertz CT molecular complexity index is 338. The van der Waals surface area contributed by atoms with Gasteiger partial charge in [0, 0.05) is 19.7 Å². The Morgan fingerprint density at radius 1 is 1.39 bits per heavy atom. The number of ether oxygens (including phenoxy) is 1. The second-order valence-corrected chi connectivity index (χ2v) is 5.48. The molecule has 0 N–H and O–H groups in total. The van der Waals surface area contributed by atoms with Gasteiger partial charge in [-0.15, -0.1) is 0 Å². The molecule has 0 bridgehead atoms. The van der Waals surface area contributed by atoms with Crippen LogP contribution in [0.15, 0.2) is 0 Å². The zero-order chi connectivity index (χ0) is 13.0. The average molecular weight is 250 g/mol. The Morgan fingerprint density at radius 3 is 2.56 bits per heavy atom. The zero-order valence-corrected chi connectivity index (χ0v) is 11.2. The maximum atomic E-state index is 12.7. The Morgan fingerprint density at radius 2 is 2.06 bits per heavy atom. The van der Waals surface area contributed by atoms with Crippen molar-refractivity contribution in [2.24, 2.45) is 5.41 Å². The number of hydrogen-bond acceptors (Lipinski definition) is 3. The molecule has 0 radical (unpaired) electrons. The topological polar surface area (TPSA) is 53.3 Å². The van der Waals surface area contributed by atoms with Gasteiger partial charge in [-0.25, -0.2) is 0 Å². The van der Waals surface area contributed by atoms with Crippen molar-refractivity contribution in [3.63, 3.8) is 0 Å². The summed E-state index contributed by atoms with van der Waals surface area (Å²) in [6, 6.07) is 2.69. The van der Waals surface area contributed by atoms with Crippen molar-refractivity contribution in [3.8, 4) is 6.07 Å². The van der Waals surface area contributed by atoms with Crippen LogP contribution in [-0.4, -0.2) is 37.1 Å². The number of carbonyl (C=O) groups excluding carboxylic acids is 1. The molecular formula is C14H22N2O2. The van der Waals surface area contributed by atoms with Crippen LogP contribution in [0.25, 0.3) is 0 Å². The first-order valence-corrected chi connectivity index (χ1v) is 6.95. The number of nitriles is 1. The fourth-order valence-corrected chi connectivity index (χ4v) is 2.83. The van der Waals surface area contributed by atoms with Crippen molar-refractivity contribution in [3.05, 3.63) is 0 Å². The van der Waals surface area contributed by atoms with Crippen molar-refractivity contribution in [2.75, 3.05) is 20.3 Å². The van der Waals surface area contributed by atoms with Crippen molar-refractivity contribution in [1.82, 2.24) is 4.90 Å². The van der Waals surface area contributed by atoms with Gasteiger partial charge in [0.1, 0.15) is 5.41 Å². The summed E-state index contributed by atoms with van der Waals surface area (Å²) < 4.78 is 5.08. The molecule has 2 aliphatic rings. The van der Waals surface area contributed by atoms with Gasteiger partial charge in [-0.3, -0.25) is 4.79 Å². The number of nitrogens with zero attached hydrogens (tertiary/aromatic N) is 2. The summed E-state index contributed by atoms with van der Waals surface area (Å²) in [5, 5.41) is 9.46. The summed E-state index contributed by atoms with van der Waals surface area (Å²) in [5.74, 6) is 0.0595. The van der Waals surface area contributed by atoms with Gasteiger partial charge in [-0.1, -0.05) is 19.3 Å². The molecule has 0 aromatic carbocycles. The van der Waals surface area contributed by atoms with E-state index >= 15 is 0 Å². The fraction of sp³-hybridized carbons (Fsp3) is 0.857. The van der Waals surface area contributed by atoms with Crippen LogP contribution >= 0.6 is 0 Å². The molecule has 0 atom stereocenters. The molecule has 100 valence electrons. The summed E-state index contributed by atoms with van der Waals surface area (Å²) in [4.78, 5) is 14.6. The standard InChI is InChI=1S/C14H22N2O2/c1-18-10-9-16(12-5-6-12)13(17)14(11-15)7-3-2-4-8-14/h12H,2-10H2,1H3. The molecular weight excluding hydrogens is 228 g/mol. The predicted molar refractivity (Wildman–Crippen MR) is 67.7 cm³/mol. The van der Waals surface area contributed by atoms with Crippen molar-refractivity contribution in [2.45, 2.75) is 51.0 Å². The Hall–Kier alpha value is -1.08. The molecule has 1 amide bonds. The molecule has 0 aromatic rings. The van der Waals surface area contributed by atoms with Gasteiger partial charge in [0.25, 0.3) is 0 Å². The molecule has 0 aromatic heterocycles. The van der Waals surface area contributed by atoms with Crippen LogP contribution in [0.1, 0.15) is 44.9 Å². The first-order valence-electron chi connectivity index (χ1n) is 6.95. The molecule has 2 rings (SSSR count). The molecule has 0 saturated heterocycles. The maximum absolute atomic E-state index is 12.7. The highest BCUT2D eigenvalue weighted by molar-refractivity contribution is 5.86. The lowest BCUT2D eigenvalue weighted by Crippen LogP contribution is -2.46. The SMILES string of the molecule is COCCN(C(=O)C1(C#N)CCCCC1)C1CC1. The van der Waals surface area contributed by atoms with Crippen LogP contribution in [0.3, 0.4) is 0 Å². The van der Waals surface area contributed by atoms with E-state index in [9.17, 15) is 10.1 Å². The quantitative estimate of drug-likeness (QED) is 0.750. The third kappa shape index (κ3) is 2.67. The van der Waals surface area contributed by atoms with Gasteiger partial charge >= 0.3 is 0 Å². The van der Waals surface area contributed by atoms with Crippen LogP contribution in [0.5, 0.6) is 0 Å². The highest BCUT2D eigenvalue weighted by Gasteiger charge is 2.45. The second-order valence-electron chi connectivity index (χ2n) is 5.48. The van der Waals surface area contributed by atoms with Gasteiger partial charge in [0.05, 0.1) is 12.7 Å². The number of carbonyl (C=O) groups is 1. The van der Waals surface area contributed by atoms with E-state index < -0.39 is 5.41 Å². The summed E-state index contributed by atoms with van der Waals surface area (Å²) in [5.41, 5.74) is -0.741. The van der Waals surface area contributed by atoms with E-state index in [0.717, 1.165) is 44.9 Å². The summed E-state index contributed by atoms with van der Waals surface area (Å²) in [6.07, 6.45) is 6.79. The van der Waals surface area contributed by atoms with E-state index in [1.807, 2.05) is 4.90 Å². The lowest BCUT2D eigenvalue weighted by molar-refractivity contribution is -0.141.